The minimum Gasteiger partial charge on any atom is -0.302 e. The molecule has 114 valence electrons. The summed E-state index contributed by atoms with van der Waals surface area (Å²) in [5.74, 6) is -16.9. The van der Waals surface area contributed by atoms with Gasteiger partial charge in [0.05, 0.1) is 12.7 Å². The average Bonchev–Trinajstić information content (AvgIpc) is 2.56. The van der Waals surface area contributed by atoms with Gasteiger partial charge in [0.1, 0.15) is 0 Å². The second kappa shape index (κ2) is 4.87. The van der Waals surface area contributed by atoms with Gasteiger partial charge in [-0.05, 0) is 0 Å². The fraction of sp³-hybridized carbons (Fsp3) is 1.00. The Morgan fingerprint density at radius 1 is 1.16 bits per heavy atom. The highest BCUT2D eigenvalue weighted by Gasteiger charge is 2.72. The SMILES string of the molecule is O=P1(O)OCC(CC(F)(F)C(F)(F)C(F)(F)CF)O1. The maximum absolute atomic E-state index is 13.1. The van der Waals surface area contributed by atoms with Crippen LogP contribution in [0.4, 0.5) is 30.7 Å². The first-order valence-corrected chi connectivity index (χ1v) is 6.19. The van der Waals surface area contributed by atoms with Crippen LogP contribution in [-0.4, -0.2) is 42.0 Å². The molecule has 1 heterocycles. The number of halogens is 7. The van der Waals surface area contributed by atoms with Crippen LogP contribution >= 0.6 is 7.82 Å². The molecule has 2 atom stereocenters. The first kappa shape index (κ1) is 16.7. The minimum absolute atomic E-state index is 0.944. The summed E-state index contributed by atoms with van der Waals surface area (Å²) in [6, 6.07) is 0. The second-order valence-corrected chi connectivity index (χ2v) is 5.22. The Bertz CT molecular complexity index is 388. The van der Waals surface area contributed by atoms with E-state index in [0.29, 0.717) is 0 Å². The molecule has 1 aliphatic rings. The van der Waals surface area contributed by atoms with E-state index in [9.17, 15) is 35.3 Å². The van der Waals surface area contributed by atoms with E-state index in [1.807, 2.05) is 0 Å². The van der Waals surface area contributed by atoms with Crippen molar-refractivity contribution in [3.05, 3.63) is 0 Å². The zero-order valence-electron chi connectivity index (χ0n) is 8.96. The summed E-state index contributed by atoms with van der Waals surface area (Å²) in [5.41, 5.74) is 0. The molecule has 0 saturated carbocycles. The van der Waals surface area contributed by atoms with E-state index in [0.717, 1.165) is 0 Å². The van der Waals surface area contributed by atoms with Gasteiger partial charge >= 0.3 is 25.6 Å². The minimum atomic E-state index is -5.97. The molecule has 2 unspecified atom stereocenters. The first-order valence-electron chi connectivity index (χ1n) is 4.70. The Balaban J connectivity index is 2.84. The van der Waals surface area contributed by atoms with E-state index < -0.39 is 51.4 Å². The molecule has 1 aliphatic heterocycles. The lowest BCUT2D eigenvalue weighted by Crippen LogP contribution is -2.56. The summed E-state index contributed by atoms with van der Waals surface area (Å²) < 4.78 is 107. The third-order valence-electron chi connectivity index (χ3n) is 2.28. The van der Waals surface area contributed by atoms with Gasteiger partial charge in [0, 0.05) is 6.42 Å². The first-order chi connectivity index (χ1) is 8.35. The van der Waals surface area contributed by atoms with Crippen LogP contribution in [0.1, 0.15) is 6.42 Å². The zero-order chi connectivity index (χ0) is 15.1. The molecule has 4 nitrogen and oxygen atoms in total. The van der Waals surface area contributed by atoms with Crippen LogP contribution < -0.4 is 0 Å². The Labute approximate surface area is 102 Å². The van der Waals surface area contributed by atoms with Gasteiger partial charge in [-0.1, -0.05) is 0 Å². The van der Waals surface area contributed by atoms with Crippen LogP contribution in [0.2, 0.25) is 0 Å². The van der Waals surface area contributed by atoms with Gasteiger partial charge in [0.2, 0.25) is 0 Å². The van der Waals surface area contributed by atoms with Crippen LogP contribution in [0, 0.1) is 0 Å². The monoisotopic (exact) mass is 320 g/mol. The Kier molecular flexibility index (Phi) is 4.27. The molecule has 1 N–H and O–H groups in total. The molecule has 0 radical (unpaired) electrons. The van der Waals surface area contributed by atoms with Gasteiger partial charge in [0.15, 0.2) is 6.67 Å². The summed E-state index contributed by atoms with van der Waals surface area (Å²) >= 11 is 0. The van der Waals surface area contributed by atoms with Crippen molar-refractivity contribution in [2.75, 3.05) is 13.3 Å². The standard InChI is InChI=1S/C7H8F7O4P/c8-3-6(11,12)7(13,14)5(9,10)1-4-2-17-19(15,16)18-4/h4H,1-3H2,(H,15,16). The second-order valence-electron chi connectivity index (χ2n) is 3.81. The lowest BCUT2D eigenvalue weighted by molar-refractivity contribution is -0.316. The predicted molar refractivity (Wildman–Crippen MR) is 46.1 cm³/mol. The molecule has 0 bridgehead atoms. The molecular formula is C7H8F7O4P. The number of phosphoric ester groups is 1. The normalized spacial score (nSPS) is 29.8. The van der Waals surface area contributed by atoms with Gasteiger partial charge in [-0.2, -0.15) is 26.3 Å². The molecule has 1 rings (SSSR count). The summed E-state index contributed by atoms with van der Waals surface area (Å²) in [6.07, 6.45) is -3.99. The fourth-order valence-electron chi connectivity index (χ4n) is 1.29. The molecule has 0 aromatic rings. The van der Waals surface area contributed by atoms with Crippen molar-refractivity contribution in [3.63, 3.8) is 0 Å². The molecule has 0 spiro atoms. The smallest absolute Gasteiger partial charge is 0.302 e. The van der Waals surface area contributed by atoms with E-state index in [2.05, 4.69) is 9.05 Å². The van der Waals surface area contributed by atoms with Crippen molar-refractivity contribution in [2.45, 2.75) is 30.3 Å². The van der Waals surface area contributed by atoms with E-state index in [-0.39, 0.29) is 0 Å². The molecule has 0 amide bonds. The highest BCUT2D eigenvalue weighted by Crippen LogP contribution is 2.54. The lowest BCUT2D eigenvalue weighted by atomic mass is 10.00. The molecule has 1 fully saturated rings. The van der Waals surface area contributed by atoms with Crippen molar-refractivity contribution in [2.24, 2.45) is 0 Å². The Morgan fingerprint density at radius 2 is 1.68 bits per heavy atom. The Morgan fingerprint density at radius 3 is 2.05 bits per heavy atom. The number of alkyl halides is 7. The molecule has 1 saturated heterocycles. The predicted octanol–water partition coefficient (Wildman–Crippen LogP) is 2.77. The highest BCUT2D eigenvalue weighted by atomic mass is 31.2. The molecule has 19 heavy (non-hydrogen) atoms. The molecular weight excluding hydrogens is 312 g/mol. The van der Waals surface area contributed by atoms with Gasteiger partial charge in [-0.25, -0.2) is 8.96 Å². The molecule has 0 aromatic carbocycles. The number of rotatable bonds is 5. The van der Waals surface area contributed by atoms with E-state index >= 15 is 0 Å². The lowest BCUT2D eigenvalue weighted by Gasteiger charge is -2.32. The third kappa shape index (κ3) is 3.21. The maximum atomic E-state index is 13.1. The van der Waals surface area contributed by atoms with Crippen LogP contribution in [-0.2, 0) is 13.6 Å². The van der Waals surface area contributed by atoms with Gasteiger partial charge < -0.3 is 4.89 Å². The van der Waals surface area contributed by atoms with E-state index in [1.165, 1.54) is 0 Å². The van der Waals surface area contributed by atoms with Crippen LogP contribution in [0.15, 0.2) is 0 Å². The Hall–Kier alpha value is -0.380. The van der Waals surface area contributed by atoms with Crippen molar-refractivity contribution in [1.82, 2.24) is 0 Å². The van der Waals surface area contributed by atoms with Crippen molar-refractivity contribution < 1.29 is 49.2 Å². The van der Waals surface area contributed by atoms with Gasteiger partial charge in [0.25, 0.3) is 0 Å². The zero-order valence-corrected chi connectivity index (χ0v) is 9.86. The summed E-state index contributed by atoms with van der Waals surface area (Å²) in [6.45, 7) is -3.92. The van der Waals surface area contributed by atoms with Gasteiger partial charge in [-0.15, -0.1) is 0 Å². The molecule has 0 aromatic heterocycles. The van der Waals surface area contributed by atoms with Crippen LogP contribution in [0.3, 0.4) is 0 Å². The van der Waals surface area contributed by atoms with Gasteiger partial charge in [-0.3, -0.25) is 9.05 Å². The average molecular weight is 320 g/mol. The third-order valence-corrected chi connectivity index (χ3v) is 3.32. The quantitative estimate of drug-likeness (QED) is 0.625. The highest BCUT2D eigenvalue weighted by molar-refractivity contribution is 7.47. The van der Waals surface area contributed by atoms with E-state index in [4.69, 9.17) is 4.89 Å². The van der Waals surface area contributed by atoms with Crippen LogP contribution in [0.25, 0.3) is 0 Å². The van der Waals surface area contributed by atoms with Crippen molar-refractivity contribution in [3.8, 4) is 0 Å². The number of hydrogen-bond acceptors (Lipinski definition) is 3. The van der Waals surface area contributed by atoms with E-state index in [1.54, 1.807) is 0 Å². The van der Waals surface area contributed by atoms with Crippen molar-refractivity contribution >= 4 is 7.82 Å². The number of phosphoric acid groups is 1. The molecule has 0 aliphatic carbocycles. The molecule has 12 heteroatoms. The summed E-state index contributed by atoms with van der Waals surface area (Å²) in [5, 5.41) is 0. The maximum Gasteiger partial charge on any atom is 0.472 e. The summed E-state index contributed by atoms with van der Waals surface area (Å²) in [4.78, 5) is 8.64. The summed E-state index contributed by atoms with van der Waals surface area (Å²) in [7, 11) is -4.63. The number of hydrogen-bond donors (Lipinski definition) is 1. The fourth-order valence-corrected chi connectivity index (χ4v) is 2.22. The van der Waals surface area contributed by atoms with Crippen molar-refractivity contribution in [1.29, 1.82) is 0 Å². The van der Waals surface area contributed by atoms with Crippen LogP contribution in [0.5, 0.6) is 0 Å². The largest absolute Gasteiger partial charge is 0.472 e. The topological polar surface area (TPSA) is 55.8 Å².